The van der Waals surface area contributed by atoms with E-state index in [0.717, 1.165) is 18.4 Å². The molecule has 0 spiro atoms. The Balaban J connectivity index is 1.78. The van der Waals surface area contributed by atoms with Crippen LogP contribution in [0.4, 0.5) is 5.69 Å². The Morgan fingerprint density at radius 2 is 1.90 bits per heavy atom. The van der Waals surface area contributed by atoms with Crippen LogP contribution in [0.1, 0.15) is 28.8 Å². The topological polar surface area (TPSA) is 85.1 Å². The van der Waals surface area contributed by atoms with Crippen LogP contribution in [0, 0.1) is 0 Å². The molecule has 3 N–H and O–H groups in total. The predicted molar refractivity (Wildman–Crippen MR) is 80.8 cm³/mol. The summed E-state index contributed by atoms with van der Waals surface area (Å²) >= 11 is 0. The number of hydrogen-bond acceptors (Lipinski definition) is 3. The highest BCUT2D eigenvalue weighted by Gasteiger charge is 2.04. The number of benzene rings is 1. The van der Waals surface area contributed by atoms with E-state index in [1.165, 1.54) is 0 Å². The zero-order valence-corrected chi connectivity index (χ0v) is 11.6. The van der Waals surface area contributed by atoms with E-state index in [4.69, 9.17) is 5.73 Å². The van der Waals surface area contributed by atoms with Gasteiger partial charge in [0, 0.05) is 30.1 Å². The van der Waals surface area contributed by atoms with Crippen molar-refractivity contribution in [3.05, 3.63) is 59.9 Å². The number of nitrogens with zero attached hydrogens (tertiary/aromatic N) is 1. The first kappa shape index (κ1) is 14.7. The number of carbonyl (C=O) groups is 2. The maximum Gasteiger partial charge on any atom is 0.248 e. The van der Waals surface area contributed by atoms with Crippen molar-refractivity contribution in [1.82, 2.24) is 4.98 Å². The maximum atomic E-state index is 11.8. The first-order chi connectivity index (χ1) is 10.1. The van der Waals surface area contributed by atoms with Gasteiger partial charge in [-0.15, -0.1) is 0 Å². The summed E-state index contributed by atoms with van der Waals surface area (Å²) in [5, 5.41) is 2.79. The summed E-state index contributed by atoms with van der Waals surface area (Å²) in [5.74, 6) is -0.532. The van der Waals surface area contributed by atoms with Crippen molar-refractivity contribution < 1.29 is 9.59 Å². The Morgan fingerprint density at radius 3 is 2.52 bits per heavy atom. The molecule has 0 atom stereocenters. The average molecular weight is 283 g/mol. The summed E-state index contributed by atoms with van der Waals surface area (Å²) in [7, 11) is 0. The molecule has 2 amide bonds. The Kier molecular flexibility index (Phi) is 5.04. The predicted octanol–water partition coefficient (Wildman–Crippen LogP) is 2.14. The second-order valence-corrected chi connectivity index (χ2v) is 4.70. The van der Waals surface area contributed by atoms with Gasteiger partial charge in [-0.3, -0.25) is 14.6 Å². The molecule has 21 heavy (non-hydrogen) atoms. The third-order valence-corrected chi connectivity index (χ3v) is 3.05. The Bertz CT molecular complexity index is 609. The number of hydrogen-bond donors (Lipinski definition) is 2. The van der Waals surface area contributed by atoms with Gasteiger partial charge in [0.1, 0.15) is 0 Å². The molecule has 5 nitrogen and oxygen atoms in total. The minimum Gasteiger partial charge on any atom is -0.366 e. The lowest BCUT2D eigenvalue weighted by molar-refractivity contribution is -0.116. The highest BCUT2D eigenvalue weighted by Crippen LogP contribution is 2.10. The van der Waals surface area contributed by atoms with E-state index in [1.807, 2.05) is 12.1 Å². The number of amides is 2. The van der Waals surface area contributed by atoms with Crippen LogP contribution in [0.5, 0.6) is 0 Å². The van der Waals surface area contributed by atoms with Crippen molar-refractivity contribution in [1.29, 1.82) is 0 Å². The van der Waals surface area contributed by atoms with Crippen LogP contribution >= 0.6 is 0 Å². The monoisotopic (exact) mass is 283 g/mol. The van der Waals surface area contributed by atoms with Crippen LogP contribution in [-0.2, 0) is 11.2 Å². The zero-order chi connectivity index (χ0) is 15.1. The van der Waals surface area contributed by atoms with Gasteiger partial charge < -0.3 is 11.1 Å². The lowest BCUT2D eigenvalue weighted by atomic mass is 10.1. The normalized spacial score (nSPS) is 10.1. The summed E-state index contributed by atoms with van der Waals surface area (Å²) in [6.45, 7) is 0. The fourth-order valence-corrected chi connectivity index (χ4v) is 1.94. The standard InChI is InChI=1S/C16H17N3O2/c17-16(21)13-6-8-14(9-7-13)19-15(20)5-1-3-12-4-2-10-18-11-12/h2,4,6-11H,1,3,5H2,(H2,17,21)(H,19,20). The highest BCUT2D eigenvalue weighted by atomic mass is 16.1. The molecule has 1 aromatic carbocycles. The first-order valence-corrected chi connectivity index (χ1v) is 6.74. The van der Waals surface area contributed by atoms with Crippen LogP contribution in [-0.4, -0.2) is 16.8 Å². The Morgan fingerprint density at radius 1 is 1.14 bits per heavy atom. The molecular formula is C16H17N3O2. The lowest BCUT2D eigenvalue weighted by Gasteiger charge is -2.06. The Labute approximate surface area is 123 Å². The number of carbonyl (C=O) groups excluding carboxylic acids is 2. The summed E-state index contributed by atoms with van der Waals surface area (Å²) in [6, 6.07) is 10.4. The number of nitrogens with two attached hydrogens (primary N) is 1. The molecule has 0 fully saturated rings. The van der Waals surface area contributed by atoms with Gasteiger partial charge in [-0.25, -0.2) is 0 Å². The van der Waals surface area contributed by atoms with Gasteiger partial charge in [-0.1, -0.05) is 6.07 Å². The van der Waals surface area contributed by atoms with E-state index in [-0.39, 0.29) is 5.91 Å². The highest BCUT2D eigenvalue weighted by molar-refractivity contribution is 5.94. The zero-order valence-electron chi connectivity index (χ0n) is 11.6. The van der Waals surface area contributed by atoms with Gasteiger partial charge in [-0.05, 0) is 48.7 Å². The molecule has 5 heteroatoms. The van der Waals surface area contributed by atoms with E-state index < -0.39 is 5.91 Å². The number of aryl methyl sites for hydroxylation is 1. The minimum atomic E-state index is -0.482. The van der Waals surface area contributed by atoms with E-state index in [2.05, 4.69) is 10.3 Å². The van der Waals surface area contributed by atoms with Gasteiger partial charge in [-0.2, -0.15) is 0 Å². The third kappa shape index (κ3) is 4.72. The summed E-state index contributed by atoms with van der Waals surface area (Å²) in [6.07, 6.45) is 5.55. The fraction of sp³-hybridized carbons (Fsp3) is 0.188. The average Bonchev–Trinajstić information content (AvgIpc) is 2.49. The van der Waals surface area contributed by atoms with Crippen molar-refractivity contribution in [3.63, 3.8) is 0 Å². The molecule has 0 radical (unpaired) electrons. The molecule has 0 aliphatic carbocycles. The fourth-order valence-electron chi connectivity index (χ4n) is 1.94. The van der Waals surface area contributed by atoms with Gasteiger partial charge in [0.2, 0.25) is 11.8 Å². The van der Waals surface area contributed by atoms with Crippen molar-refractivity contribution in [2.45, 2.75) is 19.3 Å². The van der Waals surface area contributed by atoms with Crippen molar-refractivity contribution in [2.24, 2.45) is 5.73 Å². The minimum absolute atomic E-state index is 0.0503. The smallest absolute Gasteiger partial charge is 0.248 e. The molecule has 108 valence electrons. The largest absolute Gasteiger partial charge is 0.366 e. The van der Waals surface area contributed by atoms with Gasteiger partial charge in [0.15, 0.2) is 0 Å². The third-order valence-electron chi connectivity index (χ3n) is 3.05. The molecule has 1 aromatic heterocycles. The van der Waals surface area contributed by atoms with E-state index in [9.17, 15) is 9.59 Å². The number of primary amides is 1. The van der Waals surface area contributed by atoms with Gasteiger partial charge >= 0.3 is 0 Å². The molecule has 0 unspecified atom stereocenters. The van der Waals surface area contributed by atoms with Crippen molar-refractivity contribution >= 4 is 17.5 Å². The number of nitrogens with one attached hydrogen (secondary N) is 1. The lowest BCUT2D eigenvalue weighted by Crippen LogP contribution is -2.13. The van der Waals surface area contributed by atoms with Crippen LogP contribution < -0.4 is 11.1 Å². The SMILES string of the molecule is NC(=O)c1ccc(NC(=O)CCCc2cccnc2)cc1. The van der Waals surface area contributed by atoms with Crippen LogP contribution in [0.15, 0.2) is 48.8 Å². The molecule has 2 aromatic rings. The number of rotatable bonds is 6. The second kappa shape index (κ2) is 7.19. The summed E-state index contributed by atoms with van der Waals surface area (Å²) in [4.78, 5) is 26.8. The van der Waals surface area contributed by atoms with E-state index >= 15 is 0 Å². The van der Waals surface area contributed by atoms with E-state index in [0.29, 0.717) is 17.7 Å². The number of pyridine rings is 1. The van der Waals surface area contributed by atoms with Crippen molar-refractivity contribution in [2.75, 3.05) is 5.32 Å². The molecular weight excluding hydrogens is 266 g/mol. The van der Waals surface area contributed by atoms with Crippen molar-refractivity contribution in [3.8, 4) is 0 Å². The van der Waals surface area contributed by atoms with Gasteiger partial charge in [0.05, 0.1) is 0 Å². The quantitative estimate of drug-likeness (QED) is 0.851. The molecule has 2 rings (SSSR count). The molecule has 0 bridgehead atoms. The second-order valence-electron chi connectivity index (χ2n) is 4.70. The molecule has 0 aliphatic rings. The van der Waals surface area contributed by atoms with E-state index in [1.54, 1.807) is 36.7 Å². The summed E-state index contributed by atoms with van der Waals surface area (Å²) < 4.78 is 0. The number of anilines is 1. The molecule has 0 saturated carbocycles. The maximum absolute atomic E-state index is 11.8. The molecule has 0 aliphatic heterocycles. The first-order valence-electron chi connectivity index (χ1n) is 6.74. The van der Waals surface area contributed by atoms with Crippen LogP contribution in [0.3, 0.4) is 0 Å². The molecule has 0 saturated heterocycles. The molecule has 1 heterocycles. The van der Waals surface area contributed by atoms with Crippen LogP contribution in [0.25, 0.3) is 0 Å². The van der Waals surface area contributed by atoms with Gasteiger partial charge in [0.25, 0.3) is 0 Å². The Hall–Kier alpha value is -2.69. The van der Waals surface area contributed by atoms with Crippen LogP contribution in [0.2, 0.25) is 0 Å². The number of aromatic nitrogens is 1. The summed E-state index contributed by atoms with van der Waals surface area (Å²) in [5.41, 5.74) is 7.36.